The van der Waals surface area contributed by atoms with Crippen molar-refractivity contribution in [2.45, 2.75) is 19.8 Å². The van der Waals surface area contributed by atoms with Gasteiger partial charge in [0.25, 0.3) is 12.0 Å². The van der Waals surface area contributed by atoms with Gasteiger partial charge in [-0.25, -0.2) is 8.78 Å². The van der Waals surface area contributed by atoms with Gasteiger partial charge in [-0.05, 0) is 13.0 Å². The number of hydrogen-bond acceptors (Lipinski definition) is 3. The van der Waals surface area contributed by atoms with E-state index in [1.807, 2.05) is 0 Å². The average Bonchev–Trinajstić information content (AvgIpc) is 2.23. The molecule has 0 saturated carbocycles. The fourth-order valence-corrected chi connectivity index (χ4v) is 1.42. The summed E-state index contributed by atoms with van der Waals surface area (Å²) in [5.74, 6) is -0.606. The highest BCUT2D eigenvalue weighted by Crippen LogP contribution is 2.24. The second-order valence-corrected chi connectivity index (χ2v) is 3.55. The zero-order valence-electron chi connectivity index (χ0n) is 8.93. The molecule has 0 spiro atoms. The highest BCUT2D eigenvalue weighted by atomic mass is 35.5. The molecule has 7 heteroatoms. The number of H-pyrrole nitrogens is 1. The first-order chi connectivity index (χ1) is 7.95. The minimum Gasteiger partial charge on any atom is -0.466 e. The third-order valence-electron chi connectivity index (χ3n) is 1.93. The normalized spacial score (nSPS) is 10.6. The lowest BCUT2D eigenvalue weighted by Gasteiger charge is -2.06. The highest BCUT2D eigenvalue weighted by Gasteiger charge is 2.17. The number of alkyl halides is 2. The molecular weight excluding hydrogens is 256 g/mol. The number of ether oxygens (including phenoxy) is 1. The molecule has 0 aliphatic rings. The summed E-state index contributed by atoms with van der Waals surface area (Å²) in [6.45, 7) is 1.80. The van der Waals surface area contributed by atoms with Gasteiger partial charge in [-0.1, -0.05) is 11.6 Å². The van der Waals surface area contributed by atoms with E-state index in [0.717, 1.165) is 6.07 Å². The third-order valence-corrected chi connectivity index (χ3v) is 2.32. The van der Waals surface area contributed by atoms with E-state index in [0.29, 0.717) is 0 Å². The van der Waals surface area contributed by atoms with Crippen LogP contribution in [0.5, 0.6) is 0 Å². The first-order valence-electron chi connectivity index (χ1n) is 4.81. The molecule has 1 heterocycles. The van der Waals surface area contributed by atoms with Crippen LogP contribution in [0.15, 0.2) is 10.9 Å². The molecule has 0 amide bonds. The van der Waals surface area contributed by atoms with Crippen LogP contribution < -0.4 is 5.56 Å². The highest BCUT2D eigenvalue weighted by molar-refractivity contribution is 6.31. The van der Waals surface area contributed by atoms with Gasteiger partial charge in [0.05, 0.1) is 13.0 Å². The maximum Gasteiger partial charge on any atom is 0.311 e. The molecule has 0 unspecified atom stereocenters. The van der Waals surface area contributed by atoms with Crippen LogP contribution >= 0.6 is 11.6 Å². The zero-order chi connectivity index (χ0) is 13.0. The van der Waals surface area contributed by atoms with Gasteiger partial charge in [-0.15, -0.1) is 0 Å². The van der Waals surface area contributed by atoms with E-state index in [-0.39, 0.29) is 18.7 Å². The Balaban J connectivity index is 3.03. The van der Waals surface area contributed by atoms with Crippen molar-refractivity contribution < 1.29 is 18.3 Å². The maximum atomic E-state index is 12.5. The van der Waals surface area contributed by atoms with Gasteiger partial charge >= 0.3 is 5.97 Å². The Morgan fingerprint density at radius 3 is 2.76 bits per heavy atom. The molecule has 0 atom stereocenters. The quantitative estimate of drug-likeness (QED) is 0.848. The van der Waals surface area contributed by atoms with Crippen LogP contribution in [0.4, 0.5) is 8.78 Å². The Morgan fingerprint density at radius 2 is 2.24 bits per heavy atom. The van der Waals surface area contributed by atoms with Crippen LogP contribution in [-0.2, 0) is 16.0 Å². The Labute approximate surface area is 101 Å². The largest absolute Gasteiger partial charge is 0.466 e. The molecule has 17 heavy (non-hydrogen) atoms. The third kappa shape index (κ3) is 3.52. The number of pyridine rings is 1. The monoisotopic (exact) mass is 265 g/mol. The Morgan fingerprint density at radius 1 is 1.59 bits per heavy atom. The van der Waals surface area contributed by atoms with Gasteiger partial charge in [0.1, 0.15) is 5.02 Å². The SMILES string of the molecule is CCOC(=O)Cc1cc(C(F)F)c(Cl)c(=O)[nH]1. The van der Waals surface area contributed by atoms with Crippen LogP contribution in [0.3, 0.4) is 0 Å². The van der Waals surface area contributed by atoms with E-state index in [1.54, 1.807) is 6.92 Å². The van der Waals surface area contributed by atoms with Gasteiger partial charge in [-0.3, -0.25) is 9.59 Å². The number of halogens is 3. The maximum absolute atomic E-state index is 12.5. The van der Waals surface area contributed by atoms with Gasteiger partial charge in [0.15, 0.2) is 0 Å². The van der Waals surface area contributed by atoms with Crippen molar-refractivity contribution in [2.24, 2.45) is 0 Å². The molecule has 0 aliphatic carbocycles. The number of rotatable bonds is 4. The van der Waals surface area contributed by atoms with E-state index in [9.17, 15) is 18.4 Å². The standard InChI is InChI=1S/C10H10ClF2NO3/c1-2-17-7(15)4-5-3-6(9(12)13)8(11)10(16)14-5/h3,9H,2,4H2,1H3,(H,14,16). The Kier molecular flexibility index (Phi) is 4.62. The summed E-state index contributed by atoms with van der Waals surface area (Å²) in [6.07, 6.45) is -3.15. The zero-order valence-corrected chi connectivity index (χ0v) is 9.68. The topological polar surface area (TPSA) is 59.2 Å². The number of aromatic amines is 1. The van der Waals surface area contributed by atoms with Gasteiger partial charge in [0.2, 0.25) is 0 Å². The Bertz CT molecular complexity index is 473. The van der Waals surface area contributed by atoms with Gasteiger partial charge in [0, 0.05) is 11.3 Å². The summed E-state index contributed by atoms with van der Waals surface area (Å²) in [4.78, 5) is 24.6. The van der Waals surface area contributed by atoms with E-state index in [2.05, 4.69) is 9.72 Å². The van der Waals surface area contributed by atoms with Crippen molar-refractivity contribution >= 4 is 17.6 Å². The number of nitrogens with one attached hydrogen (secondary N) is 1. The second kappa shape index (κ2) is 5.77. The van der Waals surface area contributed by atoms with Crippen molar-refractivity contribution in [3.05, 3.63) is 32.7 Å². The Hall–Kier alpha value is -1.43. The summed E-state index contributed by atoms with van der Waals surface area (Å²) in [7, 11) is 0. The first kappa shape index (κ1) is 13.6. The molecule has 94 valence electrons. The fraction of sp³-hybridized carbons (Fsp3) is 0.400. The molecule has 0 saturated heterocycles. The lowest BCUT2D eigenvalue weighted by molar-refractivity contribution is -0.142. The number of esters is 1. The molecule has 0 radical (unpaired) electrons. The van der Waals surface area contributed by atoms with Crippen molar-refractivity contribution in [1.29, 1.82) is 0 Å². The van der Waals surface area contributed by atoms with Crippen LogP contribution in [0, 0.1) is 0 Å². The van der Waals surface area contributed by atoms with Crippen molar-refractivity contribution in [2.75, 3.05) is 6.61 Å². The lowest BCUT2D eigenvalue weighted by atomic mass is 10.2. The molecule has 1 aromatic heterocycles. The van der Waals surface area contributed by atoms with Gasteiger partial charge in [-0.2, -0.15) is 0 Å². The van der Waals surface area contributed by atoms with Crippen molar-refractivity contribution in [3.8, 4) is 0 Å². The minimum atomic E-state index is -2.87. The molecule has 0 fully saturated rings. The van der Waals surface area contributed by atoms with E-state index < -0.39 is 28.5 Å². The van der Waals surface area contributed by atoms with E-state index in [1.165, 1.54) is 0 Å². The molecule has 4 nitrogen and oxygen atoms in total. The predicted molar refractivity (Wildman–Crippen MR) is 57.4 cm³/mol. The average molecular weight is 266 g/mol. The molecule has 0 aromatic carbocycles. The smallest absolute Gasteiger partial charge is 0.311 e. The van der Waals surface area contributed by atoms with Crippen molar-refractivity contribution in [3.63, 3.8) is 0 Å². The summed E-state index contributed by atoms with van der Waals surface area (Å²) < 4.78 is 29.7. The number of hydrogen-bond donors (Lipinski definition) is 1. The van der Waals surface area contributed by atoms with Crippen LogP contribution in [0.1, 0.15) is 24.6 Å². The number of carbonyl (C=O) groups is 1. The van der Waals surface area contributed by atoms with E-state index >= 15 is 0 Å². The molecular formula is C10H10ClF2NO3. The summed E-state index contributed by atoms with van der Waals surface area (Å²) >= 11 is 5.42. The molecule has 0 aliphatic heterocycles. The molecule has 1 N–H and O–H groups in total. The van der Waals surface area contributed by atoms with Crippen molar-refractivity contribution in [1.82, 2.24) is 4.98 Å². The first-order valence-corrected chi connectivity index (χ1v) is 5.18. The van der Waals surface area contributed by atoms with Crippen LogP contribution in [0.2, 0.25) is 5.02 Å². The van der Waals surface area contributed by atoms with E-state index in [4.69, 9.17) is 11.6 Å². The predicted octanol–water partition coefficient (Wildman–Crippen LogP) is 2.07. The van der Waals surface area contributed by atoms with Crippen LogP contribution in [-0.4, -0.2) is 17.6 Å². The fourth-order valence-electron chi connectivity index (χ4n) is 1.24. The molecule has 0 bridgehead atoms. The lowest BCUT2D eigenvalue weighted by Crippen LogP contribution is -2.16. The number of aromatic nitrogens is 1. The number of carbonyl (C=O) groups excluding carboxylic acids is 1. The summed E-state index contributed by atoms with van der Waals surface area (Å²) in [6, 6.07) is 0.991. The van der Waals surface area contributed by atoms with Crippen LogP contribution in [0.25, 0.3) is 0 Å². The minimum absolute atomic E-state index is 0.0492. The molecule has 1 aromatic rings. The summed E-state index contributed by atoms with van der Waals surface area (Å²) in [5, 5.41) is -0.562. The summed E-state index contributed by atoms with van der Waals surface area (Å²) in [5.41, 5.74) is -1.38. The second-order valence-electron chi connectivity index (χ2n) is 3.18. The van der Waals surface area contributed by atoms with Gasteiger partial charge < -0.3 is 9.72 Å². The molecule has 1 rings (SSSR count).